The predicted octanol–water partition coefficient (Wildman–Crippen LogP) is 3.57. The van der Waals surface area contributed by atoms with Crippen LogP contribution in [0.3, 0.4) is 0 Å². The summed E-state index contributed by atoms with van der Waals surface area (Å²) < 4.78 is 5.32. The first-order chi connectivity index (χ1) is 15.6. The number of amides is 1. The van der Waals surface area contributed by atoms with Crippen LogP contribution >= 0.6 is 24.0 Å². The lowest BCUT2D eigenvalue weighted by Crippen LogP contribution is -2.42. The second-order valence-electron chi connectivity index (χ2n) is 7.90. The molecule has 0 aliphatic carbocycles. The van der Waals surface area contributed by atoms with E-state index in [9.17, 15) is 4.79 Å². The number of halogens is 1. The molecule has 180 valence electrons. The van der Waals surface area contributed by atoms with Crippen LogP contribution in [0.2, 0.25) is 0 Å². The molecule has 0 bridgehead atoms. The van der Waals surface area contributed by atoms with Gasteiger partial charge in [-0.2, -0.15) is 0 Å². The highest BCUT2D eigenvalue weighted by molar-refractivity contribution is 14.0. The third kappa shape index (κ3) is 7.89. The third-order valence-corrected chi connectivity index (χ3v) is 5.78. The molecule has 0 aromatic heterocycles. The van der Waals surface area contributed by atoms with Gasteiger partial charge in [-0.25, -0.2) is 0 Å². The van der Waals surface area contributed by atoms with Gasteiger partial charge < -0.3 is 20.7 Å². The van der Waals surface area contributed by atoms with E-state index >= 15 is 0 Å². The number of likely N-dealkylation sites (tertiary alicyclic amines) is 1. The Hall–Kier alpha value is -2.33. The quantitative estimate of drug-likeness (QED) is 0.246. The number of carbonyl (C=O) groups is 1. The van der Waals surface area contributed by atoms with Crippen molar-refractivity contribution in [1.82, 2.24) is 20.9 Å². The van der Waals surface area contributed by atoms with E-state index in [4.69, 9.17) is 4.74 Å². The van der Waals surface area contributed by atoms with E-state index in [0.29, 0.717) is 18.7 Å². The Kier molecular flexibility index (Phi) is 11.5. The van der Waals surface area contributed by atoms with Crippen molar-refractivity contribution in [3.8, 4) is 5.75 Å². The molecule has 2 aromatic carbocycles. The Balaban J connectivity index is 0.00000385. The first-order valence-corrected chi connectivity index (χ1v) is 11.3. The standard InChI is InChI=1S/C25H35N5O2.HI/c1-4-27-24(31)21-9-7-19(8-10-21)17-28-25(26-2)29-18-23(30-15-5-6-16-30)20-11-13-22(32-3)14-12-20;/h7-14,23H,4-6,15-18H2,1-3H3,(H,27,31)(H2,26,28,29);1H. The van der Waals surface area contributed by atoms with Crippen molar-refractivity contribution in [1.29, 1.82) is 0 Å². The van der Waals surface area contributed by atoms with Crippen LogP contribution in [-0.4, -0.2) is 57.1 Å². The summed E-state index contributed by atoms with van der Waals surface area (Å²) in [6.07, 6.45) is 2.48. The van der Waals surface area contributed by atoms with Crippen LogP contribution in [0.4, 0.5) is 0 Å². The Morgan fingerprint density at radius 3 is 2.27 bits per heavy atom. The van der Waals surface area contributed by atoms with Gasteiger partial charge in [0, 0.05) is 32.2 Å². The monoisotopic (exact) mass is 565 g/mol. The van der Waals surface area contributed by atoms with Crippen molar-refractivity contribution in [3.63, 3.8) is 0 Å². The van der Waals surface area contributed by atoms with Crippen LogP contribution in [-0.2, 0) is 6.54 Å². The van der Waals surface area contributed by atoms with Gasteiger partial charge in [-0.15, -0.1) is 24.0 Å². The topological polar surface area (TPSA) is 78.0 Å². The Bertz CT molecular complexity index is 881. The second-order valence-corrected chi connectivity index (χ2v) is 7.90. The van der Waals surface area contributed by atoms with Gasteiger partial charge in [0.15, 0.2) is 5.96 Å². The number of rotatable bonds is 9. The summed E-state index contributed by atoms with van der Waals surface area (Å²) in [6.45, 7) is 6.16. The molecule has 1 aliphatic rings. The lowest BCUT2D eigenvalue weighted by Gasteiger charge is -2.29. The maximum atomic E-state index is 11.9. The van der Waals surface area contributed by atoms with E-state index < -0.39 is 0 Å². The first-order valence-electron chi connectivity index (χ1n) is 11.3. The van der Waals surface area contributed by atoms with Crippen molar-refractivity contribution < 1.29 is 9.53 Å². The molecule has 3 N–H and O–H groups in total. The Morgan fingerprint density at radius 2 is 1.70 bits per heavy atom. The maximum Gasteiger partial charge on any atom is 0.251 e. The molecule has 1 atom stereocenters. The fourth-order valence-corrected chi connectivity index (χ4v) is 3.97. The minimum absolute atomic E-state index is 0. The molecule has 8 heteroatoms. The average molecular weight is 566 g/mol. The van der Waals surface area contributed by atoms with Crippen LogP contribution in [0.25, 0.3) is 0 Å². The van der Waals surface area contributed by atoms with Crippen molar-refractivity contribution in [2.45, 2.75) is 32.4 Å². The number of methoxy groups -OCH3 is 1. The summed E-state index contributed by atoms with van der Waals surface area (Å²) in [5.41, 5.74) is 3.04. The SMILES string of the molecule is CCNC(=O)c1ccc(CNC(=NC)NCC(c2ccc(OC)cc2)N2CCCC2)cc1.I. The Morgan fingerprint density at radius 1 is 1.03 bits per heavy atom. The summed E-state index contributed by atoms with van der Waals surface area (Å²) in [6, 6.07) is 16.3. The molecule has 1 saturated heterocycles. The van der Waals surface area contributed by atoms with Crippen LogP contribution in [0.5, 0.6) is 5.75 Å². The largest absolute Gasteiger partial charge is 0.497 e. The third-order valence-electron chi connectivity index (χ3n) is 5.78. The minimum atomic E-state index is -0.0454. The Labute approximate surface area is 214 Å². The van der Waals surface area contributed by atoms with Crippen molar-refractivity contribution in [2.75, 3.05) is 40.3 Å². The highest BCUT2D eigenvalue weighted by atomic mass is 127. The van der Waals surface area contributed by atoms with Crippen LogP contribution in [0.15, 0.2) is 53.5 Å². The average Bonchev–Trinajstić information content (AvgIpc) is 3.36. The molecule has 0 radical (unpaired) electrons. The zero-order valence-electron chi connectivity index (χ0n) is 19.8. The molecule has 1 aliphatic heterocycles. The van der Waals surface area contributed by atoms with E-state index in [-0.39, 0.29) is 35.9 Å². The van der Waals surface area contributed by atoms with E-state index in [1.54, 1.807) is 14.2 Å². The molecule has 0 saturated carbocycles. The molecular formula is C25H36IN5O2. The smallest absolute Gasteiger partial charge is 0.251 e. The van der Waals surface area contributed by atoms with Gasteiger partial charge in [0.2, 0.25) is 0 Å². The van der Waals surface area contributed by atoms with Crippen molar-refractivity contribution in [2.24, 2.45) is 4.99 Å². The number of guanidine groups is 1. The highest BCUT2D eigenvalue weighted by Gasteiger charge is 2.23. The summed E-state index contributed by atoms with van der Waals surface area (Å²) in [5.74, 6) is 1.59. The number of nitrogens with zero attached hydrogens (tertiary/aromatic N) is 2. The van der Waals surface area contributed by atoms with Crippen LogP contribution in [0.1, 0.15) is 47.3 Å². The minimum Gasteiger partial charge on any atom is -0.497 e. The van der Waals surface area contributed by atoms with E-state index in [1.807, 2.05) is 43.3 Å². The normalized spacial score (nSPS) is 14.8. The molecule has 1 heterocycles. The lowest BCUT2D eigenvalue weighted by atomic mass is 10.1. The molecule has 1 fully saturated rings. The fraction of sp³-hybridized carbons (Fsp3) is 0.440. The summed E-state index contributed by atoms with van der Waals surface area (Å²) in [4.78, 5) is 18.8. The number of hydrogen-bond donors (Lipinski definition) is 3. The summed E-state index contributed by atoms with van der Waals surface area (Å²) in [7, 11) is 3.48. The lowest BCUT2D eigenvalue weighted by molar-refractivity contribution is 0.0956. The van der Waals surface area contributed by atoms with Gasteiger partial charge in [-0.05, 0) is 68.2 Å². The van der Waals surface area contributed by atoms with E-state index in [2.05, 4.69) is 38.0 Å². The second kappa shape index (κ2) is 14.0. The molecule has 33 heavy (non-hydrogen) atoms. The molecule has 2 aromatic rings. The molecular weight excluding hydrogens is 529 g/mol. The number of aliphatic imine (C=N–C) groups is 1. The molecule has 3 rings (SSSR count). The zero-order valence-corrected chi connectivity index (χ0v) is 22.1. The number of carbonyl (C=O) groups excluding carboxylic acids is 1. The number of hydrogen-bond acceptors (Lipinski definition) is 4. The van der Waals surface area contributed by atoms with Gasteiger partial charge in [-0.1, -0.05) is 24.3 Å². The number of nitrogens with one attached hydrogen (secondary N) is 3. The van der Waals surface area contributed by atoms with Gasteiger partial charge in [0.1, 0.15) is 5.75 Å². The van der Waals surface area contributed by atoms with Crippen molar-refractivity contribution in [3.05, 3.63) is 65.2 Å². The van der Waals surface area contributed by atoms with Gasteiger partial charge in [0.25, 0.3) is 5.91 Å². The fourth-order valence-electron chi connectivity index (χ4n) is 3.97. The van der Waals surface area contributed by atoms with Gasteiger partial charge in [0.05, 0.1) is 13.2 Å². The number of benzene rings is 2. The summed E-state index contributed by atoms with van der Waals surface area (Å²) in [5, 5.41) is 9.68. The maximum absolute atomic E-state index is 11.9. The summed E-state index contributed by atoms with van der Waals surface area (Å²) >= 11 is 0. The zero-order chi connectivity index (χ0) is 22.8. The predicted molar refractivity (Wildman–Crippen MR) is 145 cm³/mol. The van der Waals surface area contributed by atoms with Crippen LogP contribution in [0, 0.1) is 0 Å². The van der Waals surface area contributed by atoms with E-state index in [0.717, 1.165) is 36.9 Å². The van der Waals surface area contributed by atoms with E-state index in [1.165, 1.54) is 18.4 Å². The molecule has 1 amide bonds. The van der Waals surface area contributed by atoms with Gasteiger partial charge in [-0.3, -0.25) is 14.7 Å². The van der Waals surface area contributed by atoms with Crippen molar-refractivity contribution >= 4 is 35.8 Å². The number of ether oxygens (including phenoxy) is 1. The molecule has 7 nitrogen and oxygen atoms in total. The highest BCUT2D eigenvalue weighted by Crippen LogP contribution is 2.26. The molecule has 1 unspecified atom stereocenters. The van der Waals surface area contributed by atoms with Gasteiger partial charge >= 0.3 is 0 Å². The van der Waals surface area contributed by atoms with Crippen LogP contribution < -0.4 is 20.7 Å². The molecule has 0 spiro atoms. The first kappa shape index (κ1) is 26.9.